The van der Waals surface area contributed by atoms with Crippen molar-refractivity contribution in [2.75, 3.05) is 27.2 Å². The van der Waals surface area contributed by atoms with Gasteiger partial charge < -0.3 is 9.64 Å². The minimum absolute atomic E-state index is 0.105. The van der Waals surface area contributed by atoms with Crippen molar-refractivity contribution in [3.05, 3.63) is 34.3 Å². The van der Waals surface area contributed by atoms with Gasteiger partial charge in [-0.3, -0.25) is 9.69 Å². The van der Waals surface area contributed by atoms with Gasteiger partial charge in [-0.15, -0.1) is 0 Å². The quantitative estimate of drug-likeness (QED) is 0.782. The Labute approximate surface area is 153 Å². The third kappa shape index (κ3) is 3.84. The molecular formula is C19H27BrN2O2. The Kier molecular flexibility index (Phi) is 5.95. The predicted octanol–water partition coefficient (Wildman–Crippen LogP) is 3.55. The largest absolute Gasteiger partial charge is 0.381 e. The molecule has 5 heteroatoms. The van der Waals surface area contributed by atoms with E-state index in [1.807, 2.05) is 36.2 Å². The SMILES string of the molecule is COC1CCC(N2CCCC2)C(N(C)C(=O)c2ccc(Br)cc2)C1. The van der Waals surface area contributed by atoms with E-state index in [1.54, 1.807) is 7.11 Å². The smallest absolute Gasteiger partial charge is 0.253 e. The van der Waals surface area contributed by atoms with Crippen LogP contribution in [0.4, 0.5) is 0 Å². The molecule has 0 spiro atoms. The van der Waals surface area contributed by atoms with Gasteiger partial charge in [0.05, 0.1) is 6.10 Å². The molecular weight excluding hydrogens is 368 g/mol. The lowest BCUT2D eigenvalue weighted by atomic mass is 9.86. The molecule has 132 valence electrons. The maximum Gasteiger partial charge on any atom is 0.253 e. The lowest BCUT2D eigenvalue weighted by Gasteiger charge is -2.44. The van der Waals surface area contributed by atoms with Gasteiger partial charge in [0.25, 0.3) is 5.91 Å². The Morgan fingerprint density at radius 3 is 2.50 bits per heavy atom. The van der Waals surface area contributed by atoms with Gasteiger partial charge in [0.1, 0.15) is 0 Å². The second kappa shape index (κ2) is 7.98. The molecule has 1 heterocycles. The van der Waals surface area contributed by atoms with E-state index < -0.39 is 0 Å². The number of likely N-dealkylation sites (N-methyl/N-ethyl adjacent to an activating group) is 1. The summed E-state index contributed by atoms with van der Waals surface area (Å²) >= 11 is 3.43. The van der Waals surface area contributed by atoms with Crippen LogP contribution in [-0.2, 0) is 4.74 Å². The molecule has 0 radical (unpaired) electrons. The Hall–Kier alpha value is -0.910. The highest BCUT2D eigenvalue weighted by Gasteiger charge is 2.39. The summed E-state index contributed by atoms with van der Waals surface area (Å²) in [7, 11) is 3.74. The number of methoxy groups -OCH3 is 1. The van der Waals surface area contributed by atoms with Crippen molar-refractivity contribution >= 4 is 21.8 Å². The second-order valence-corrected chi connectivity index (χ2v) is 7.89. The number of halogens is 1. The zero-order chi connectivity index (χ0) is 17.1. The molecule has 1 aliphatic carbocycles. The van der Waals surface area contributed by atoms with Gasteiger partial charge in [-0.05, 0) is 69.5 Å². The number of ether oxygens (including phenoxy) is 1. The summed E-state index contributed by atoms with van der Waals surface area (Å²) in [5.74, 6) is 0.105. The standard InChI is InChI=1S/C19H27BrN2O2/c1-21(19(23)14-5-7-15(20)8-6-14)18-13-16(24-2)9-10-17(18)22-11-3-4-12-22/h5-8,16-18H,3-4,9-13H2,1-2H3. The molecule has 2 aliphatic rings. The normalized spacial score (nSPS) is 28.0. The number of hydrogen-bond acceptors (Lipinski definition) is 3. The van der Waals surface area contributed by atoms with Gasteiger partial charge in [0, 0.05) is 36.3 Å². The third-order valence-corrected chi connectivity index (χ3v) is 6.11. The van der Waals surface area contributed by atoms with E-state index in [4.69, 9.17) is 4.74 Å². The molecule has 1 saturated heterocycles. The number of hydrogen-bond donors (Lipinski definition) is 0. The highest BCUT2D eigenvalue weighted by Crippen LogP contribution is 2.31. The van der Waals surface area contributed by atoms with Crippen molar-refractivity contribution in [2.24, 2.45) is 0 Å². The number of nitrogens with zero attached hydrogens (tertiary/aromatic N) is 2. The van der Waals surface area contributed by atoms with Crippen LogP contribution in [0.3, 0.4) is 0 Å². The fourth-order valence-electron chi connectivity index (χ4n) is 4.17. The van der Waals surface area contributed by atoms with Crippen LogP contribution in [0.5, 0.6) is 0 Å². The minimum Gasteiger partial charge on any atom is -0.381 e. The van der Waals surface area contributed by atoms with Gasteiger partial charge in [-0.25, -0.2) is 0 Å². The first kappa shape index (κ1) is 17.9. The predicted molar refractivity (Wildman–Crippen MR) is 99.3 cm³/mol. The van der Waals surface area contributed by atoms with Crippen molar-refractivity contribution < 1.29 is 9.53 Å². The number of carbonyl (C=O) groups is 1. The Bertz CT molecular complexity index is 557. The van der Waals surface area contributed by atoms with E-state index >= 15 is 0 Å². The maximum absolute atomic E-state index is 13.0. The fraction of sp³-hybridized carbons (Fsp3) is 0.632. The molecule has 3 unspecified atom stereocenters. The van der Waals surface area contributed by atoms with Crippen LogP contribution >= 0.6 is 15.9 Å². The highest BCUT2D eigenvalue weighted by molar-refractivity contribution is 9.10. The van der Waals surface area contributed by atoms with Crippen molar-refractivity contribution in [1.29, 1.82) is 0 Å². The first-order chi connectivity index (χ1) is 11.6. The fourth-order valence-corrected chi connectivity index (χ4v) is 4.43. The molecule has 0 bridgehead atoms. The summed E-state index contributed by atoms with van der Waals surface area (Å²) in [4.78, 5) is 17.5. The van der Waals surface area contributed by atoms with Crippen LogP contribution in [0.25, 0.3) is 0 Å². The average molecular weight is 395 g/mol. The number of likely N-dealkylation sites (tertiary alicyclic amines) is 1. The molecule has 0 N–H and O–H groups in total. The number of amides is 1. The van der Waals surface area contributed by atoms with Crippen LogP contribution in [-0.4, -0.2) is 61.1 Å². The van der Waals surface area contributed by atoms with Crippen LogP contribution in [0.15, 0.2) is 28.7 Å². The molecule has 1 aliphatic heterocycles. The van der Waals surface area contributed by atoms with E-state index in [0.29, 0.717) is 6.04 Å². The van der Waals surface area contributed by atoms with Crippen molar-refractivity contribution in [3.63, 3.8) is 0 Å². The summed E-state index contributed by atoms with van der Waals surface area (Å²) in [6, 6.07) is 8.33. The Morgan fingerprint density at radius 1 is 1.21 bits per heavy atom. The molecule has 1 saturated carbocycles. The minimum atomic E-state index is 0.105. The van der Waals surface area contributed by atoms with E-state index in [-0.39, 0.29) is 18.1 Å². The summed E-state index contributed by atoms with van der Waals surface area (Å²) in [6.45, 7) is 2.33. The molecule has 1 aromatic carbocycles. The van der Waals surface area contributed by atoms with Crippen LogP contribution in [0.2, 0.25) is 0 Å². The maximum atomic E-state index is 13.0. The molecule has 3 atom stereocenters. The Balaban J connectivity index is 1.78. The van der Waals surface area contributed by atoms with Gasteiger partial charge in [0.2, 0.25) is 0 Å². The van der Waals surface area contributed by atoms with E-state index in [0.717, 1.165) is 29.3 Å². The number of rotatable bonds is 4. The first-order valence-electron chi connectivity index (χ1n) is 8.89. The van der Waals surface area contributed by atoms with E-state index in [9.17, 15) is 4.79 Å². The lowest BCUT2D eigenvalue weighted by Crippen LogP contribution is -2.55. The number of benzene rings is 1. The topological polar surface area (TPSA) is 32.8 Å². The first-order valence-corrected chi connectivity index (χ1v) is 9.69. The van der Waals surface area contributed by atoms with Gasteiger partial charge in [-0.1, -0.05) is 15.9 Å². The van der Waals surface area contributed by atoms with Crippen LogP contribution in [0, 0.1) is 0 Å². The van der Waals surface area contributed by atoms with Crippen molar-refractivity contribution in [1.82, 2.24) is 9.80 Å². The third-order valence-electron chi connectivity index (χ3n) is 5.58. The molecule has 1 amide bonds. The van der Waals surface area contributed by atoms with Crippen molar-refractivity contribution in [3.8, 4) is 0 Å². The van der Waals surface area contributed by atoms with Gasteiger partial charge in [-0.2, -0.15) is 0 Å². The van der Waals surface area contributed by atoms with Gasteiger partial charge >= 0.3 is 0 Å². The molecule has 3 rings (SSSR count). The van der Waals surface area contributed by atoms with E-state index in [2.05, 4.69) is 20.8 Å². The molecule has 24 heavy (non-hydrogen) atoms. The van der Waals surface area contributed by atoms with Gasteiger partial charge in [0.15, 0.2) is 0 Å². The van der Waals surface area contributed by atoms with Crippen molar-refractivity contribution in [2.45, 2.75) is 50.3 Å². The second-order valence-electron chi connectivity index (χ2n) is 6.97. The number of carbonyl (C=O) groups excluding carboxylic acids is 1. The molecule has 1 aromatic rings. The average Bonchev–Trinajstić information content (AvgIpc) is 3.15. The summed E-state index contributed by atoms with van der Waals surface area (Å²) in [5.41, 5.74) is 0.750. The zero-order valence-corrected chi connectivity index (χ0v) is 16.2. The lowest BCUT2D eigenvalue weighted by molar-refractivity contribution is -0.00422. The van der Waals surface area contributed by atoms with Crippen LogP contribution in [0.1, 0.15) is 42.5 Å². The zero-order valence-electron chi connectivity index (χ0n) is 14.6. The molecule has 0 aromatic heterocycles. The summed E-state index contributed by atoms with van der Waals surface area (Å²) in [5, 5.41) is 0. The summed E-state index contributed by atoms with van der Waals surface area (Å²) < 4.78 is 6.62. The molecule has 4 nitrogen and oxygen atoms in total. The monoisotopic (exact) mass is 394 g/mol. The van der Waals surface area contributed by atoms with E-state index in [1.165, 1.54) is 25.9 Å². The van der Waals surface area contributed by atoms with Crippen LogP contribution < -0.4 is 0 Å². The summed E-state index contributed by atoms with van der Waals surface area (Å²) in [6.07, 6.45) is 5.95. The molecule has 2 fully saturated rings. The Morgan fingerprint density at radius 2 is 1.88 bits per heavy atom. The highest BCUT2D eigenvalue weighted by atomic mass is 79.9.